The van der Waals surface area contributed by atoms with E-state index >= 15 is 0 Å². The maximum Gasteiger partial charge on any atom is 0.0443 e. The standard InChI is InChI=1S/C12H17NOS/c14-7-3-6-13-12-9-15-8-10-4-1-2-5-11(10)12/h1-2,4-5,12-14H,3,6-9H2. The zero-order valence-corrected chi connectivity index (χ0v) is 9.59. The van der Waals surface area contributed by atoms with Gasteiger partial charge in [-0.3, -0.25) is 0 Å². The molecule has 2 nitrogen and oxygen atoms in total. The van der Waals surface area contributed by atoms with Crippen molar-refractivity contribution in [2.45, 2.75) is 18.2 Å². The minimum atomic E-state index is 0.272. The number of aliphatic hydroxyl groups excluding tert-OH is 1. The molecule has 0 spiro atoms. The summed E-state index contributed by atoms with van der Waals surface area (Å²) in [4.78, 5) is 0. The molecule has 3 heteroatoms. The van der Waals surface area contributed by atoms with Crippen molar-refractivity contribution >= 4 is 11.8 Å². The van der Waals surface area contributed by atoms with E-state index in [-0.39, 0.29) is 6.61 Å². The summed E-state index contributed by atoms with van der Waals surface area (Å²) >= 11 is 1.98. The van der Waals surface area contributed by atoms with E-state index in [0.29, 0.717) is 6.04 Å². The molecular weight excluding hydrogens is 206 g/mol. The minimum Gasteiger partial charge on any atom is -0.396 e. The number of nitrogens with one attached hydrogen (secondary N) is 1. The first-order chi connectivity index (χ1) is 7.42. The van der Waals surface area contributed by atoms with Crippen molar-refractivity contribution in [1.29, 1.82) is 0 Å². The van der Waals surface area contributed by atoms with Crippen LogP contribution in [0.5, 0.6) is 0 Å². The van der Waals surface area contributed by atoms with Crippen LogP contribution in [-0.4, -0.2) is 24.0 Å². The molecule has 0 bridgehead atoms. The summed E-state index contributed by atoms with van der Waals surface area (Å²) in [5.41, 5.74) is 2.89. The van der Waals surface area contributed by atoms with Crippen LogP contribution in [0, 0.1) is 0 Å². The smallest absolute Gasteiger partial charge is 0.0443 e. The Bertz CT molecular complexity index is 316. The molecule has 1 aromatic rings. The summed E-state index contributed by atoms with van der Waals surface area (Å²) < 4.78 is 0. The lowest BCUT2D eigenvalue weighted by molar-refractivity contribution is 0.284. The highest BCUT2D eigenvalue weighted by Crippen LogP contribution is 2.31. The van der Waals surface area contributed by atoms with Gasteiger partial charge in [0.2, 0.25) is 0 Å². The van der Waals surface area contributed by atoms with Crippen molar-refractivity contribution in [1.82, 2.24) is 5.32 Å². The normalized spacial score (nSPS) is 19.9. The third-order valence-electron chi connectivity index (χ3n) is 2.70. The highest BCUT2D eigenvalue weighted by Gasteiger charge is 2.18. The lowest BCUT2D eigenvalue weighted by Gasteiger charge is -2.26. The Morgan fingerprint density at radius 3 is 3.13 bits per heavy atom. The van der Waals surface area contributed by atoms with E-state index in [9.17, 15) is 0 Å². The van der Waals surface area contributed by atoms with Crippen LogP contribution in [0.4, 0.5) is 0 Å². The van der Waals surface area contributed by atoms with E-state index in [1.165, 1.54) is 11.1 Å². The molecule has 15 heavy (non-hydrogen) atoms. The quantitative estimate of drug-likeness (QED) is 0.765. The van der Waals surface area contributed by atoms with Gasteiger partial charge < -0.3 is 10.4 Å². The third kappa shape index (κ3) is 2.74. The molecule has 0 amide bonds. The highest BCUT2D eigenvalue weighted by atomic mass is 32.2. The van der Waals surface area contributed by atoms with E-state index < -0.39 is 0 Å². The van der Waals surface area contributed by atoms with Crippen LogP contribution in [0.25, 0.3) is 0 Å². The molecule has 0 saturated carbocycles. The molecule has 0 fully saturated rings. The molecule has 1 heterocycles. The molecule has 82 valence electrons. The third-order valence-corrected chi connectivity index (χ3v) is 3.78. The minimum absolute atomic E-state index is 0.272. The van der Waals surface area contributed by atoms with Crippen molar-refractivity contribution in [3.05, 3.63) is 35.4 Å². The molecule has 1 aliphatic rings. The molecular formula is C12H17NOS. The molecule has 1 aliphatic heterocycles. The molecule has 0 aromatic heterocycles. The second-order valence-electron chi connectivity index (χ2n) is 3.80. The molecule has 0 radical (unpaired) electrons. The van der Waals surface area contributed by atoms with Gasteiger partial charge in [0, 0.05) is 24.2 Å². The van der Waals surface area contributed by atoms with E-state index in [0.717, 1.165) is 24.5 Å². The Labute approximate surface area is 95.1 Å². The highest BCUT2D eigenvalue weighted by molar-refractivity contribution is 7.98. The Balaban J connectivity index is 2.02. The van der Waals surface area contributed by atoms with Gasteiger partial charge in [-0.2, -0.15) is 11.8 Å². The maximum absolute atomic E-state index is 8.75. The first-order valence-corrected chi connectivity index (χ1v) is 6.57. The zero-order valence-electron chi connectivity index (χ0n) is 8.78. The lowest BCUT2D eigenvalue weighted by Crippen LogP contribution is -2.27. The number of fused-ring (bicyclic) bond motifs is 1. The fourth-order valence-electron chi connectivity index (χ4n) is 1.91. The van der Waals surface area contributed by atoms with E-state index in [4.69, 9.17) is 5.11 Å². The second-order valence-corrected chi connectivity index (χ2v) is 4.83. The summed E-state index contributed by atoms with van der Waals surface area (Å²) in [6.07, 6.45) is 0.837. The van der Waals surface area contributed by atoms with Crippen molar-refractivity contribution < 1.29 is 5.11 Å². The van der Waals surface area contributed by atoms with E-state index in [2.05, 4.69) is 29.6 Å². The van der Waals surface area contributed by atoms with E-state index in [1.807, 2.05) is 11.8 Å². The monoisotopic (exact) mass is 223 g/mol. The van der Waals surface area contributed by atoms with Crippen LogP contribution in [0.1, 0.15) is 23.6 Å². The molecule has 1 atom stereocenters. The van der Waals surface area contributed by atoms with E-state index in [1.54, 1.807) is 0 Å². The lowest BCUT2D eigenvalue weighted by atomic mass is 10.0. The van der Waals surface area contributed by atoms with Crippen LogP contribution < -0.4 is 5.32 Å². The van der Waals surface area contributed by atoms with Crippen LogP contribution in [-0.2, 0) is 5.75 Å². The van der Waals surface area contributed by atoms with Crippen LogP contribution in [0.15, 0.2) is 24.3 Å². The molecule has 0 saturated heterocycles. The predicted octanol–water partition coefficient (Wildman–Crippen LogP) is 1.95. The molecule has 1 unspecified atom stereocenters. The number of aliphatic hydroxyl groups is 1. The largest absolute Gasteiger partial charge is 0.396 e. The van der Waals surface area contributed by atoms with Gasteiger partial charge in [0.15, 0.2) is 0 Å². The molecule has 1 aromatic carbocycles. The fraction of sp³-hybridized carbons (Fsp3) is 0.500. The van der Waals surface area contributed by atoms with Gasteiger partial charge in [0.05, 0.1) is 0 Å². The van der Waals surface area contributed by atoms with Crippen molar-refractivity contribution in [2.75, 3.05) is 18.9 Å². The molecule has 2 N–H and O–H groups in total. The van der Waals surface area contributed by atoms with Gasteiger partial charge in [0.25, 0.3) is 0 Å². The van der Waals surface area contributed by atoms with Gasteiger partial charge in [0.1, 0.15) is 0 Å². The summed E-state index contributed by atoms with van der Waals surface area (Å²) in [5.74, 6) is 2.27. The number of hydrogen-bond acceptors (Lipinski definition) is 3. The van der Waals surface area contributed by atoms with Gasteiger partial charge in [-0.25, -0.2) is 0 Å². The summed E-state index contributed by atoms with van der Waals surface area (Å²) in [6, 6.07) is 9.10. The van der Waals surface area contributed by atoms with Gasteiger partial charge >= 0.3 is 0 Å². The number of benzene rings is 1. The van der Waals surface area contributed by atoms with Gasteiger partial charge in [-0.15, -0.1) is 0 Å². The summed E-state index contributed by atoms with van der Waals surface area (Å²) in [7, 11) is 0. The second kappa shape index (κ2) is 5.54. The summed E-state index contributed by atoms with van der Waals surface area (Å²) in [6.45, 7) is 1.17. The molecule has 2 rings (SSSR count). The number of hydrogen-bond donors (Lipinski definition) is 2. The van der Waals surface area contributed by atoms with Crippen LogP contribution in [0.3, 0.4) is 0 Å². The summed E-state index contributed by atoms with van der Waals surface area (Å²) in [5, 5.41) is 12.2. The maximum atomic E-state index is 8.75. The average molecular weight is 223 g/mol. The first-order valence-electron chi connectivity index (χ1n) is 5.41. The van der Waals surface area contributed by atoms with Gasteiger partial charge in [-0.05, 0) is 24.1 Å². The Morgan fingerprint density at radius 2 is 2.27 bits per heavy atom. The Kier molecular flexibility index (Phi) is 4.06. The van der Waals surface area contributed by atoms with Crippen LogP contribution >= 0.6 is 11.8 Å². The number of thioether (sulfide) groups is 1. The van der Waals surface area contributed by atoms with Crippen molar-refractivity contribution in [3.8, 4) is 0 Å². The number of rotatable bonds is 4. The van der Waals surface area contributed by atoms with Crippen LogP contribution in [0.2, 0.25) is 0 Å². The average Bonchev–Trinajstić information content (AvgIpc) is 2.30. The zero-order chi connectivity index (χ0) is 10.5. The SMILES string of the molecule is OCCCNC1CSCc2ccccc21. The fourth-order valence-corrected chi connectivity index (χ4v) is 3.04. The van der Waals surface area contributed by atoms with Crippen molar-refractivity contribution in [3.63, 3.8) is 0 Å². The molecule has 0 aliphatic carbocycles. The Morgan fingerprint density at radius 1 is 1.40 bits per heavy atom. The predicted molar refractivity (Wildman–Crippen MR) is 65.1 cm³/mol. The first kappa shape index (κ1) is 11.0. The topological polar surface area (TPSA) is 32.3 Å². The van der Waals surface area contributed by atoms with Gasteiger partial charge in [-0.1, -0.05) is 24.3 Å². The Hall–Kier alpha value is -0.510. The van der Waals surface area contributed by atoms with Crippen molar-refractivity contribution in [2.24, 2.45) is 0 Å².